The first kappa shape index (κ1) is 13.6. The van der Waals surface area contributed by atoms with Gasteiger partial charge in [-0.2, -0.15) is 0 Å². The average Bonchev–Trinajstić information content (AvgIpc) is 2.36. The summed E-state index contributed by atoms with van der Waals surface area (Å²) in [5.41, 5.74) is 7.57. The van der Waals surface area contributed by atoms with Gasteiger partial charge in [-0.15, -0.1) is 0 Å². The standard InChI is InChI=1S/C13H22N2O2/c1-4-15(8-9-17-5-2)11-6-7-12(14)13(10-11)16-3/h6-7,10H,4-5,8-9,14H2,1-3H3. The highest BCUT2D eigenvalue weighted by Gasteiger charge is 2.07. The number of hydrogen-bond donors (Lipinski definition) is 1. The molecule has 0 bridgehead atoms. The van der Waals surface area contributed by atoms with Crippen LogP contribution in [0.3, 0.4) is 0 Å². The maximum atomic E-state index is 5.80. The number of anilines is 2. The molecule has 0 fully saturated rings. The molecule has 96 valence electrons. The van der Waals surface area contributed by atoms with E-state index in [1.54, 1.807) is 7.11 Å². The fourth-order valence-corrected chi connectivity index (χ4v) is 1.69. The minimum atomic E-state index is 0.664. The zero-order chi connectivity index (χ0) is 12.7. The molecule has 4 nitrogen and oxygen atoms in total. The van der Waals surface area contributed by atoms with Crippen LogP contribution < -0.4 is 15.4 Å². The van der Waals surface area contributed by atoms with Gasteiger partial charge in [0.15, 0.2) is 0 Å². The van der Waals surface area contributed by atoms with Crippen molar-refractivity contribution in [3.05, 3.63) is 18.2 Å². The highest BCUT2D eigenvalue weighted by Crippen LogP contribution is 2.27. The normalized spacial score (nSPS) is 10.3. The van der Waals surface area contributed by atoms with Crippen molar-refractivity contribution in [1.82, 2.24) is 0 Å². The second-order valence-corrected chi connectivity index (χ2v) is 3.70. The van der Waals surface area contributed by atoms with Gasteiger partial charge in [0, 0.05) is 31.5 Å². The number of benzene rings is 1. The van der Waals surface area contributed by atoms with Gasteiger partial charge in [-0.3, -0.25) is 0 Å². The van der Waals surface area contributed by atoms with E-state index in [2.05, 4.69) is 11.8 Å². The van der Waals surface area contributed by atoms with Crippen molar-refractivity contribution in [2.75, 3.05) is 44.0 Å². The van der Waals surface area contributed by atoms with Gasteiger partial charge in [0.25, 0.3) is 0 Å². The molecular formula is C13H22N2O2. The van der Waals surface area contributed by atoms with Gasteiger partial charge in [0.05, 0.1) is 19.4 Å². The van der Waals surface area contributed by atoms with Crippen molar-refractivity contribution in [1.29, 1.82) is 0 Å². The average molecular weight is 238 g/mol. The highest BCUT2D eigenvalue weighted by molar-refractivity contribution is 5.62. The smallest absolute Gasteiger partial charge is 0.143 e. The summed E-state index contributed by atoms with van der Waals surface area (Å²) >= 11 is 0. The Bertz CT molecular complexity index is 342. The van der Waals surface area contributed by atoms with Crippen LogP contribution in [0.4, 0.5) is 11.4 Å². The lowest BCUT2D eigenvalue weighted by Gasteiger charge is -2.23. The molecule has 0 radical (unpaired) electrons. The number of rotatable bonds is 7. The van der Waals surface area contributed by atoms with E-state index < -0.39 is 0 Å². The lowest BCUT2D eigenvalue weighted by atomic mass is 10.2. The van der Waals surface area contributed by atoms with Gasteiger partial charge in [-0.25, -0.2) is 0 Å². The van der Waals surface area contributed by atoms with E-state index in [-0.39, 0.29) is 0 Å². The van der Waals surface area contributed by atoms with Crippen molar-refractivity contribution >= 4 is 11.4 Å². The second-order valence-electron chi connectivity index (χ2n) is 3.70. The molecule has 0 aliphatic carbocycles. The number of likely N-dealkylation sites (N-methyl/N-ethyl adjacent to an activating group) is 1. The Hall–Kier alpha value is -1.42. The molecule has 0 aliphatic rings. The van der Waals surface area contributed by atoms with Crippen LogP contribution in [0.25, 0.3) is 0 Å². The molecular weight excluding hydrogens is 216 g/mol. The maximum Gasteiger partial charge on any atom is 0.143 e. The third-order valence-electron chi connectivity index (χ3n) is 2.67. The zero-order valence-electron chi connectivity index (χ0n) is 10.9. The third-order valence-corrected chi connectivity index (χ3v) is 2.67. The van der Waals surface area contributed by atoms with E-state index in [1.165, 1.54) is 0 Å². The van der Waals surface area contributed by atoms with E-state index in [1.807, 2.05) is 25.1 Å². The molecule has 2 N–H and O–H groups in total. The molecule has 1 aromatic rings. The summed E-state index contributed by atoms with van der Waals surface area (Å²) in [5.74, 6) is 0.720. The molecule has 0 atom stereocenters. The SMILES string of the molecule is CCOCCN(CC)c1ccc(N)c(OC)c1. The van der Waals surface area contributed by atoms with Crippen molar-refractivity contribution in [2.45, 2.75) is 13.8 Å². The van der Waals surface area contributed by atoms with E-state index in [9.17, 15) is 0 Å². The minimum Gasteiger partial charge on any atom is -0.495 e. The van der Waals surface area contributed by atoms with E-state index in [4.69, 9.17) is 15.2 Å². The van der Waals surface area contributed by atoms with Gasteiger partial charge in [-0.05, 0) is 26.0 Å². The fraction of sp³-hybridized carbons (Fsp3) is 0.538. The number of hydrogen-bond acceptors (Lipinski definition) is 4. The predicted octanol–water partition coefficient (Wildman–Crippen LogP) is 2.14. The molecule has 4 heteroatoms. The minimum absolute atomic E-state index is 0.664. The van der Waals surface area contributed by atoms with Crippen LogP contribution in [-0.4, -0.2) is 33.4 Å². The van der Waals surface area contributed by atoms with E-state index in [0.717, 1.165) is 37.7 Å². The van der Waals surface area contributed by atoms with Crippen LogP contribution in [0.2, 0.25) is 0 Å². The molecule has 0 heterocycles. The molecule has 0 saturated heterocycles. The number of nitrogens with two attached hydrogens (primary N) is 1. The topological polar surface area (TPSA) is 47.7 Å². The number of nitrogens with zero attached hydrogens (tertiary/aromatic N) is 1. The Kier molecular flexibility index (Phi) is 5.63. The van der Waals surface area contributed by atoms with Gasteiger partial charge in [0.1, 0.15) is 5.75 Å². The quantitative estimate of drug-likeness (QED) is 0.584. The number of nitrogen functional groups attached to an aromatic ring is 1. The van der Waals surface area contributed by atoms with Crippen LogP contribution >= 0.6 is 0 Å². The molecule has 0 spiro atoms. The Balaban J connectivity index is 2.73. The molecule has 0 saturated carbocycles. The van der Waals surface area contributed by atoms with Crippen LogP contribution in [0.5, 0.6) is 5.75 Å². The highest BCUT2D eigenvalue weighted by atomic mass is 16.5. The molecule has 0 aromatic heterocycles. The lowest BCUT2D eigenvalue weighted by molar-refractivity contribution is 0.154. The first-order valence-corrected chi connectivity index (χ1v) is 5.99. The van der Waals surface area contributed by atoms with E-state index in [0.29, 0.717) is 5.69 Å². The lowest BCUT2D eigenvalue weighted by Crippen LogP contribution is -2.27. The van der Waals surface area contributed by atoms with Crippen LogP contribution in [0.15, 0.2) is 18.2 Å². The van der Waals surface area contributed by atoms with Crippen molar-refractivity contribution in [3.8, 4) is 5.75 Å². The summed E-state index contributed by atoms with van der Waals surface area (Å²) in [6, 6.07) is 5.84. The zero-order valence-corrected chi connectivity index (χ0v) is 10.9. The fourth-order valence-electron chi connectivity index (χ4n) is 1.69. The summed E-state index contributed by atoms with van der Waals surface area (Å²) in [5, 5.41) is 0. The summed E-state index contributed by atoms with van der Waals surface area (Å²) < 4.78 is 10.6. The molecule has 1 rings (SSSR count). The van der Waals surface area contributed by atoms with Crippen molar-refractivity contribution < 1.29 is 9.47 Å². The van der Waals surface area contributed by atoms with Crippen molar-refractivity contribution in [3.63, 3.8) is 0 Å². The first-order chi connectivity index (χ1) is 8.22. The first-order valence-electron chi connectivity index (χ1n) is 5.99. The summed E-state index contributed by atoms with van der Waals surface area (Å²) in [7, 11) is 1.63. The molecule has 0 aliphatic heterocycles. The number of methoxy groups -OCH3 is 1. The third kappa shape index (κ3) is 3.82. The monoisotopic (exact) mass is 238 g/mol. The Labute approximate surface area is 103 Å². The van der Waals surface area contributed by atoms with Crippen molar-refractivity contribution in [2.24, 2.45) is 0 Å². The largest absolute Gasteiger partial charge is 0.495 e. The van der Waals surface area contributed by atoms with Gasteiger partial charge >= 0.3 is 0 Å². The Morgan fingerprint density at radius 3 is 2.65 bits per heavy atom. The van der Waals surface area contributed by atoms with Crippen LogP contribution in [0, 0.1) is 0 Å². The maximum absolute atomic E-state index is 5.80. The summed E-state index contributed by atoms with van der Waals surface area (Å²) in [4.78, 5) is 2.23. The van der Waals surface area contributed by atoms with Gasteiger partial charge in [0.2, 0.25) is 0 Å². The van der Waals surface area contributed by atoms with Crippen LogP contribution in [0.1, 0.15) is 13.8 Å². The Morgan fingerprint density at radius 1 is 1.29 bits per heavy atom. The van der Waals surface area contributed by atoms with Gasteiger partial charge in [-0.1, -0.05) is 0 Å². The molecule has 0 amide bonds. The Morgan fingerprint density at radius 2 is 2.06 bits per heavy atom. The summed E-state index contributed by atoms with van der Waals surface area (Å²) in [6.07, 6.45) is 0. The predicted molar refractivity (Wildman–Crippen MR) is 71.8 cm³/mol. The molecule has 0 unspecified atom stereocenters. The number of ether oxygens (including phenoxy) is 2. The summed E-state index contributed by atoms with van der Waals surface area (Å²) in [6.45, 7) is 7.41. The van der Waals surface area contributed by atoms with E-state index >= 15 is 0 Å². The molecule has 17 heavy (non-hydrogen) atoms. The second kappa shape index (κ2) is 7.01. The van der Waals surface area contributed by atoms with Gasteiger partial charge < -0.3 is 20.1 Å². The molecule has 1 aromatic carbocycles. The van der Waals surface area contributed by atoms with Crippen LogP contribution in [-0.2, 0) is 4.74 Å².